The maximum absolute atomic E-state index is 11.9. The zero-order valence-corrected chi connectivity index (χ0v) is 18.6. The van der Waals surface area contributed by atoms with Gasteiger partial charge in [-0.2, -0.15) is 0 Å². The van der Waals surface area contributed by atoms with Gasteiger partial charge < -0.3 is 21.3 Å². The number of nitrogens with zero attached hydrogens (tertiary/aromatic N) is 1. The molecule has 0 amide bonds. The fourth-order valence-electron chi connectivity index (χ4n) is 2.51. The first kappa shape index (κ1) is 27.1. The van der Waals surface area contributed by atoms with Gasteiger partial charge in [0.2, 0.25) is 5.95 Å². The molecule has 0 fully saturated rings. The van der Waals surface area contributed by atoms with Crippen LogP contribution >= 0.6 is 11.6 Å². The lowest BCUT2D eigenvalue weighted by Gasteiger charge is -2.08. The van der Waals surface area contributed by atoms with E-state index in [1.54, 1.807) is 13.0 Å². The lowest BCUT2D eigenvalue weighted by atomic mass is 10.1. The summed E-state index contributed by atoms with van der Waals surface area (Å²) in [6.45, 7) is 2.51. The topological polar surface area (TPSA) is 175 Å². The number of carbonyl (C=O) groups is 3. The van der Waals surface area contributed by atoms with Crippen molar-refractivity contribution in [3.05, 3.63) is 69.7 Å². The van der Waals surface area contributed by atoms with Crippen LogP contribution in [0.2, 0.25) is 0 Å². The average Bonchev–Trinajstić information content (AvgIpc) is 2.76. The Morgan fingerprint density at radius 1 is 1.12 bits per heavy atom. The molecule has 33 heavy (non-hydrogen) atoms. The first-order chi connectivity index (χ1) is 15.6. The van der Waals surface area contributed by atoms with Gasteiger partial charge >= 0.3 is 11.9 Å². The molecular weight excluding hydrogens is 452 g/mol. The van der Waals surface area contributed by atoms with Gasteiger partial charge in [0.25, 0.3) is 5.56 Å². The number of carboxylic acids is 2. The van der Waals surface area contributed by atoms with Crippen molar-refractivity contribution in [2.45, 2.75) is 19.8 Å². The van der Waals surface area contributed by atoms with Crippen molar-refractivity contribution >= 4 is 47.0 Å². The molecule has 0 aliphatic rings. The number of carbonyl (C=O) groups excluding carboxylic acids is 1. The van der Waals surface area contributed by atoms with Gasteiger partial charge in [0.1, 0.15) is 0 Å². The SMILES string of the molecule is Cc1nc(N)[nH]c(=O)c1CCCNc1ccc(/C=C/C(=O)CCl)cc1.O=C(O)/C=C/C(=O)O. The minimum Gasteiger partial charge on any atom is -0.478 e. The number of aryl methyl sites for hydroxylation is 1. The van der Waals surface area contributed by atoms with Crippen molar-refractivity contribution in [3.63, 3.8) is 0 Å². The van der Waals surface area contributed by atoms with Crippen molar-refractivity contribution in [3.8, 4) is 0 Å². The van der Waals surface area contributed by atoms with Gasteiger partial charge in [-0.25, -0.2) is 14.6 Å². The van der Waals surface area contributed by atoms with E-state index in [1.807, 2.05) is 24.3 Å². The molecule has 6 N–H and O–H groups in total. The second-order valence-corrected chi connectivity index (χ2v) is 6.88. The highest BCUT2D eigenvalue weighted by Gasteiger charge is 2.06. The molecule has 0 aliphatic heterocycles. The number of nitrogen functional groups attached to an aromatic ring is 1. The number of hydrogen-bond donors (Lipinski definition) is 5. The van der Waals surface area contributed by atoms with Crippen molar-refractivity contribution in [2.75, 3.05) is 23.5 Å². The highest BCUT2D eigenvalue weighted by Crippen LogP contribution is 2.11. The van der Waals surface area contributed by atoms with Crippen LogP contribution < -0.4 is 16.6 Å². The fourth-order valence-corrected chi connectivity index (χ4v) is 2.60. The van der Waals surface area contributed by atoms with Gasteiger partial charge in [0.15, 0.2) is 5.78 Å². The molecule has 2 aromatic rings. The summed E-state index contributed by atoms with van der Waals surface area (Å²) in [5, 5.41) is 18.9. The van der Waals surface area contributed by atoms with Crippen molar-refractivity contribution in [1.82, 2.24) is 9.97 Å². The molecule has 1 aromatic heterocycles. The third kappa shape index (κ3) is 11.3. The predicted octanol–water partition coefficient (Wildman–Crippen LogP) is 2.24. The van der Waals surface area contributed by atoms with Gasteiger partial charge in [-0.05, 0) is 43.5 Å². The number of carboxylic acid groups (broad SMARTS) is 2. The number of aromatic amines is 1. The maximum atomic E-state index is 11.9. The number of allylic oxidation sites excluding steroid dienone is 1. The molecule has 10 nitrogen and oxygen atoms in total. The Morgan fingerprint density at radius 2 is 1.73 bits per heavy atom. The number of nitrogens with two attached hydrogens (primary N) is 1. The molecule has 0 saturated heterocycles. The molecule has 1 aromatic carbocycles. The van der Waals surface area contributed by atoms with E-state index in [4.69, 9.17) is 27.5 Å². The number of hydrogen-bond acceptors (Lipinski definition) is 7. The van der Waals surface area contributed by atoms with E-state index in [0.717, 1.165) is 24.2 Å². The Bertz CT molecular complexity index is 1060. The fraction of sp³-hybridized carbons (Fsp3) is 0.227. The van der Waals surface area contributed by atoms with E-state index in [0.29, 0.717) is 29.8 Å². The number of halogens is 1. The Morgan fingerprint density at radius 3 is 2.24 bits per heavy atom. The number of alkyl halides is 1. The summed E-state index contributed by atoms with van der Waals surface area (Å²) >= 11 is 5.44. The van der Waals surface area contributed by atoms with Crippen LogP contribution in [-0.2, 0) is 20.8 Å². The average molecular weight is 477 g/mol. The Hall–Kier alpha value is -3.92. The van der Waals surface area contributed by atoms with E-state index < -0.39 is 11.9 Å². The highest BCUT2D eigenvalue weighted by molar-refractivity contribution is 6.29. The van der Waals surface area contributed by atoms with E-state index in [2.05, 4.69) is 15.3 Å². The summed E-state index contributed by atoms with van der Waals surface area (Å²) in [6, 6.07) is 7.71. The van der Waals surface area contributed by atoms with E-state index in [-0.39, 0.29) is 23.2 Å². The zero-order valence-electron chi connectivity index (χ0n) is 17.9. The quantitative estimate of drug-likeness (QED) is 0.195. The van der Waals surface area contributed by atoms with E-state index in [9.17, 15) is 19.2 Å². The molecule has 1 heterocycles. The molecule has 0 saturated carbocycles. The zero-order chi connectivity index (χ0) is 24.8. The Labute approximate surface area is 194 Å². The van der Waals surface area contributed by atoms with Crippen LogP contribution in [0.25, 0.3) is 6.08 Å². The molecule has 0 atom stereocenters. The number of aromatic nitrogens is 2. The largest absolute Gasteiger partial charge is 0.478 e. The van der Waals surface area contributed by atoms with Crippen molar-refractivity contribution < 1.29 is 24.6 Å². The molecular formula is C22H25ClN4O6. The number of aliphatic carboxylic acids is 2. The van der Waals surface area contributed by atoms with Crippen LogP contribution in [0, 0.1) is 6.92 Å². The first-order valence-corrected chi connectivity index (χ1v) is 10.3. The predicted molar refractivity (Wildman–Crippen MR) is 126 cm³/mol. The second kappa shape index (κ2) is 14.2. The van der Waals surface area contributed by atoms with Crippen LogP contribution in [0.3, 0.4) is 0 Å². The van der Waals surface area contributed by atoms with E-state index >= 15 is 0 Å². The number of H-pyrrole nitrogens is 1. The number of anilines is 2. The lowest BCUT2D eigenvalue weighted by molar-refractivity contribution is -0.134. The molecule has 0 spiro atoms. The van der Waals surface area contributed by atoms with Gasteiger partial charge in [-0.3, -0.25) is 14.6 Å². The smallest absolute Gasteiger partial charge is 0.328 e. The van der Waals surface area contributed by atoms with Gasteiger partial charge in [0, 0.05) is 35.6 Å². The highest BCUT2D eigenvalue weighted by atomic mass is 35.5. The van der Waals surface area contributed by atoms with Gasteiger partial charge in [-0.1, -0.05) is 18.2 Å². The van der Waals surface area contributed by atoms with Crippen LogP contribution in [0.5, 0.6) is 0 Å². The van der Waals surface area contributed by atoms with Crippen molar-refractivity contribution in [2.24, 2.45) is 0 Å². The van der Waals surface area contributed by atoms with Crippen LogP contribution in [-0.4, -0.2) is 50.3 Å². The summed E-state index contributed by atoms with van der Waals surface area (Å²) in [7, 11) is 0. The first-order valence-electron chi connectivity index (χ1n) is 9.72. The maximum Gasteiger partial charge on any atom is 0.328 e. The number of nitrogens with one attached hydrogen (secondary N) is 2. The summed E-state index contributed by atoms with van der Waals surface area (Å²) in [4.78, 5) is 48.7. The third-order valence-electron chi connectivity index (χ3n) is 4.05. The van der Waals surface area contributed by atoms with Gasteiger partial charge in [0.05, 0.1) is 5.88 Å². The summed E-state index contributed by atoms with van der Waals surface area (Å²) in [5.74, 6) is -2.50. The lowest BCUT2D eigenvalue weighted by Crippen LogP contribution is -2.19. The second-order valence-electron chi connectivity index (χ2n) is 6.61. The number of ketones is 1. The summed E-state index contributed by atoms with van der Waals surface area (Å²) in [5.41, 5.74) is 8.58. The summed E-state index contributed by atoms with van der Waals surface area (Å²) in [6.07, 6.45) is 5.74. The molecule has 0 unspecified atom stereocenters. The van der Waals surface area contributed by atoms with Crippen LogP contribution in [0.4, 0.5) is 11.6 Å². The molecule has 11 heteroatoms. The molecule has 0 bridgehead atoms. The molecule has 176 valence electrons. The Kier molecular flexibility index (Phi) is 11.7. The van der Waals surface area contributed by atoms with Crippen LogP contribution in [0.1, 0.15) is 23.2 Å². The Balaban J connectivity index is 0.000000582. The molecule has 0 radical (unpaired) electrons. The third-order valence-corrected chi connectivity index (χ3v) is 4.31. The monoisotopic (exact) mass is 476 g/mol. The van der Waals surface area contributed by atoms with E-state index in [1.165, 1.54) is 6.08 Å². The summed E-state index contributed by atoms with van der Waals surface area (Å²) < 4.78 is 0. The minimum absolute atomic E-state index is 0.0119. The molecule has 0 aliphatic carbocycles. The standard InChI is InChI=1S/C18H21ClN4O2.C4H4O4/c1-12-16(17(25)23-18(20)22-12)3-2-10-21-14-7-4-13(5-8-14)6-9-15(24)11-19;5-3(6)1-2-4(7)8/h4-9,21H,2-3,10-11H2,1H3,(H3,20,22,23,25);1-2H,(H,5,6)(H,7,8)/b9-6+;2-1+. The van der Waals surface area contributed by atoms with Gasteiger partial charge in [-0.15, -0.1) is 11.6 Å². The number of rotatable bonds is 10. The van der Waals surface area contributed by atoms with Crippen LogP contribution in [0.15, 0.2) is 47.3 Å². The minimum atomic E-state index is -1.26. The van der Waals surface area contributed by atoms with Crippen molar-refractivity contribution in [1.29, 1.82) is 0 Å². The number of benzene rings is 1. The molecule has 2 rings (SSSR count). The normalized spacial score (nSPS) is 10.6.